The van der Waals surface area contributed by atoms with Crippen LogP contribution in [0.15, 0.2) is 18.2 Å². The molecular weight excluding hydrogens is 395 g/mol. The van der Waals surface area contributed by atoms with E-state index in [0.717, 1.165) is 18.4 Å². The number of hydrogen-bond donors (Lipinski definition) is 0. The standard InChI is InChI=1S/C22H35FO5S/c1-17(15-29(24,25)13-5-10-27-16-22(2,3)4)18-6-7-20(23)21(14-18)28-19-8-11-26-12-9-19/h6-7,14,17,19H,5,8-13,15-16H2,1-4H3/t17-/m0/s1. The van der Waals surface area contributed by atoms with Gasteiger partial charge in [0.25, 0.3) is 0 Å². The Balaban J connectivity index is 1.88. The molecule has 29 heavy (non-hydrogen) atoms. The van der Waals surface area contributed by atoms with Crippen LogP contribution in [0.3, 0.4) is 0 Å². The molecule has 1 fully saturated rings. The van der Waals surface area contributed by atoms with E-state index >= 15 is 0 Å². The zero-order chi connectivity index (χ0) is 21.5. The van der Waals surface area contributed by atoms with Gasteiger partial charge in [-0.3, -0.25) is 0 Å². The lowest BCUT2D eigenvalue weighted by atomic mass is 9.99. The van der Waals surface area contributed by atoms with E-state index in [1.165, 1.54) is 6.07 Å². The smallest absolute Gasteiger partial charge is 0.165 e. The van der Waals surface area contributed by atoms with E-state index in [1.54, 1.807) is 12.1 Å². The van der Waals surface area contributed by atoms with Crippen LogP contribution < -0.4 is 4.74 Å². The molecule has 1 aliphatic heterocycles. The van der Waals surface area contributed by atoms with Gasteiger partial charge in [0.05, 0.1) is 31.3 Å². The Morgan fingerprint density at radius 1 is 1.24 bits per heavy atom. The van der Waals surface area contributed by atoms with Crippen molar-refractivity contribution in [3.63, 3.8) is 0 Å². The van der Waals surface area contributed by atoms with Gasteiger partial charge in [-0.2, -0.15) is 0 Å². The lowest BCUT2D eigenvalue weighted by Crippen LogP contribution is -2.26. The summed E-state index contributed by atoms with van der Waals surface area (Å²) in [4.78, 5) is 0. The molecule has 2 rings (SSSR count). The normalized spacial score (nSPS) is 17.3. The summed E-state index contributed by atoms with van der Waals surface area (Å²) < 4.78 is 55.8. The third-order valence-corrected chi connectivity index (χ3v) is 6.69. The molecule has 0 bridgehead atoms. The first-order valence-corrected chi connectivity index (χ1v) is 12.2. The highest BCUT2D eigenvalue weighted by atomic mass is 32.2. The van der Waals surface area contributed by atoms with Crippen LogP contribution >= 0.6 is 0 Å². The average Bonchev–Trinajstić information content (AvgIpc) is 2.62. The fraction of sp³-hybridized carbons (Fsp3) is 0.727. The van der Waals surface area contributed by atoms with Crippen LogP contribution in [0.25, 0.3) is 0 Å². The van der Waals surface area contributed by atoms with Crippen molar-refractivity contribution < 1.29 is 27.0 Å². The van der Waals surface area contributed by atoms with Crippen LogP contribution in [0.2, 0.25) is 0 Å². The minimum Gasteiger partial charge on any atom is -0.487 e. The summed E-state index contributed by atoms with van der Waals surface area (Å²) in [5.74, 6) is -0.364. The van der Waals surface area contributed by atoms with E-state index in [0.29, 0.717) is 32.8 Å². The molecule has 1 aliphatic rings. The van der Waals surface area contributed by atoms with Crippen LogP contribution in [0.5, 0.6) is 5.75 Å². The molecule has 0 radical (unpaired) electrons. The molecular formula is C22H35FO5S. The van der Waals surface area contributed by atoms with Crippen LogP contribution in [-0.4, -0.2) is 52.5 Å². The molecule has 1 aromatic carbocycles. The third-order valence-electron chi connectivity index (χ3n) is 4.77. The summed E-state index contributed by atoms with van der Waals surface area (Å²) in [7, 11) is -3.23. The zero-order valence-electron chi connectivity index (χ0n) is 18.1. The van der Waals surface area contributed by atoms with Crippen molar-refractivity contribution >= 4 is 9.84 Å². The van der Waals surface area contributed by atoms with E-state index in [2.05, 4.69) is 20.8 Å². The van der Waals surface area contributed by atoms with Gasteiger partial charge in [0.15, 0.2) is 21.4 Å². The van der Waals surface area contributed by atoms with Crippen molar-refractivity contribution in [2.24, 2.45) is 5.41 Å². The highest BCUT2D eigenvalue weighted by Crippen LogP contribution is 2.27. The Bertz CT molecular complexity index is 736. The van der Waals surface area contributed by atoms with Gasteiger partial charge < -0.3 is 14.2 Å². The summed E-state index contributed by atoms with van der Waals surface area (Å²) in [5, 5.41) is 0. The van der Waals surface area contributed by atoms with Crippen molar-refractivity contribution in [3.05, 3.63) is 29.6 Å². The molecule has 166 valence electrons. The highest BCUT2D eigenvalue weighted by Gasteiger charge is 2.21. The first-order chi connectivity index (χ1) is 13.6. The Kier molecular flexibility index (Phi) is 8.91. The van der Waals surface area contributed by atoms with Crippen LogP contribution in [0.1, 0.15) is 58.4 Å². The predicted octanol–water partition coefficient (Wildman–Crippen LogP) is 4.35. The van der Waals surface area contributed by atoms with E-state index in [4.69, 9.17) is 14.2 Å². The summed E-state index contributed by atoms with van der Waals surface area (Å²) in [5.41, 5.74) is 0.835. The van der Waals surface area contributed by atoms with Crippen molar-refractivity contribution in [1.29, 1.82) is 0 Å². The van der Waals surface area contributed by atoms with Gasteiger partial charge in [0, 0.05) is 19.4 Å². The van der Waals surface area contributed by atoms with Gasteiger partial charge in [-0.05, 0) is 35.4 Å². The van der Waals surface area contributed by atoms with Crippen molar-refractivity contribution in [2.45, 2.75) is 59.0 Å². The molecule has 0 amide bonds. The topological polar surface area (TPSA) is 61.8 Å². The second kappa shape index (κ2) is 10.7. The molecule has 0 aromatic heterocycles. The maximum atomic E-state index is 14.2. The largest absolute Gasteiger partial charge is 0.487 e. The Morgan fingerprint density at radius 3 is 2.59 bits per heavy atom. The van der Waals surface area contributed by atoms with E-state index in [9.17, 15) is 12.8 Å². The van der Waals surface area contributed by atoms with Gasteiger partial charge in [0.2, 0.25) is 0 Å². The molecule has 5 nitrogen and oxygen atoms in total. The fourth-order valence-corrected chi connectivity index (χ4v) is 4.89. The molecule has 1 heterocycles. The van der Waals surface area contributed by atoms with Gasteiger partial charge in [-0.1, -0.05) is 33.8 Å². The van der Waals surface area contributed by atoms with Gasteiger partial charge in [0.1, 0.15) is 6.10 Å². The SMILES string of the molecule is C[C@@H](CS(=O)(=O)CCCOCC(C)(C)C)c1ccc(F)c(OC2CCOCC2)c1. The van der Waals surface area contributed by atoms with Crippen LogP contribution in [0.4, 0.5) is 4.39 Å². The number of halogens is 1. The number of benzene rings is 1. The Labute approximate surface area is 174 Å². The summed E-state index contributed by atoms with van der Waals surface area (Å²) in [6, 6.07) is 4.63. The lowest BCUT2D eigenvalue weighted by Gasteiger charge is -2.24. The van der Waals surface area contributed by atoms with E-state index in [1.807, 2.05) is 6.92 Å². The summed E-state index contributed by atoms with van der Waals surface area (Å²) in [6.45, 7) is 10.3. The lowest BCUT2D eigenvalue weighted by molar-refractivity contribution is 0.0240. The number of sulfone groups is 1. The molecule has 0 N–H and O–H groups in total. The van der Waals surface area contributed by atoms with Crippen molar-refractivity contribution in [3.8, 4) is 5.75 Å². The summed E-state index contributed by atoms with van der Waals surface area (Å²) >= 11 is 0. The molecule has 0 unspecified atom stereocenters. The maximum Gasteiger partial charge on any atom is 0.165 e. The van der Waals surface area contributed by atoms with Crippen LogP contribution in [-0.2, 0) is 19.3 Å². The molecule has 0 saturated carbocycles. The Morgan fingerprint density at radius 2 is 1.93 bits per heavy atom. The molecule has 1 saturated heterocycles. The number of rotatable bonds is 10. The molecule has 7 heteroatoms. The first kappa shape index (κ1) is 24.1. The molecule has 0 spiro atoms. The maximum absolute atomic E-state index is 14.2. The quantitative estimate of drug-likeness (QED) is 0.516. The van der Waals surface area contributed by atoms with Crippen molar-refractivity contribution in [2.75, 3.05) is 37.9 Å². The monoisotopic (exact) mass is 430 g/mol. The van der Waals surface area contributed by atoms with Crippen LogP contribution in [0, 0.1) is 11.2 Å². The third kappa shape index (κ3) is 9.01. The Hall–Kier alpha value is -1.18. The number of hydrogen-bond acceptors (Lipinski definition) is 5. The predicted molar refractivity (Wildman–Crippen MR) is 113 cm³/mol. The highest BCUT2D eigenvalue weighted by molar-refractivity contribution is 7.91. The van der Waals surface area contributed by atoms with Crippen molar-refractivity contribution in [1.82, 2.24) is 0 Å². The van der Waals surface area contributed by atoms with Gasteiger partial charge >= 0.3 is 0 Å². The van der Waals surface area contributed by atoms with E-state index in [-0.39, 0.29) is 34.7 Å². The molecule has 1 aromatic rings. The molecule has 1 atom stereocenters. The minimum absolute atomic E-state index is 0.0224. The molecule has 0 aliphatic carbocycles. The zero-order valence-corrected chi connectivity index (χ0v) is 18.9. The second-order valence-electron chi connectivity index (χ2n) is 9.10. The average molecular weight is 431 g/mol. The minimum atomic E-state index is -3.23. The first-order valence-electron chi connectivity index (χ1n) is 10.4. The second-order valence-corrected chi connectivity index (χ2v) is 11.3. The van der Waals surface area contributed by atoms with E-state index < -0.39 is 15.7 Å². The number of ether oxygens (including phenoxy) is 3. The van der Waals surface area contributed by atoms with Gasteiger partial charge in [-0.25, -0.2) is 12.8 Å². The van der Waals surface area contributed by atoms with Gasteiger partial charge in [-0.15, -0.1) is 0 Å². The fourth-order valence-electron chi connectivity index (χ4n) is 3.21. The summed E-state index contributed by atoms with van der Waals surface area (Å²) in [6.07, 6.45) is 1.86.